The lowest BCUT2D eigenvalue weighted by molar-refractivity contribution is -0.190. The second-order valence-electron chi connectivity index (χ2n) is 12.4. The van der Waals surface area contributed by atoms with Gasteiger partial charge in [-0.2, -0.15) is 5.26 Å². The minimum atomic E-state index is -2.60. The van der Waals surface area contributed by atoms with Crippen molar-refractivity contribution in [3.63, 3.8) is 0 Å². The first-order valence-corrected chi connectivity index (χ1v) is 15.7. The fourth-order valence-electron chi connectivity index (χ4n) is 3.44. The van der Waals surface area contributed by atoms with Gasteiger partial charge in [0.15, 0.2) is 14.1 Å². The van der Waals surface area contributed by atoms with E-state index in [0.29, 0.717) is 0 Å². The van der Waals surface area contributed by atoms with Crippen LogP contribution in [-0.2, 0) is 42.4 Å². The second kappa shape index (κ2) is 13.0. The Hall–Kier alpha value is -1.81. The number of nitrogens with zero attached hydrogens (tertiary/aromatic N) is 1. The Balaban J connectivity index is 3.41. The molecule has 1 heterocycles. The molecule has 0 aromatic heterocycles. The molecule has 0 radical (unpaired) electrons. The number of nitriles is 1. The maximum Gasteiger partial charge on any atom is 0.353 e. The molecule has 0 spiro atoms. The van der Waals surface area contributed by atoms with Crippen molar-refractivity contribution in [2.45, 2.75) is 122 Å². The minimum absolute atomic E-state index is 0.0783. The van der Waals surface area contributed by atoms with E-state index in [0.717, 1.165) is 0 Å². The molecule has 0 aliphatic carbocycles. The van der Waals surface area contributed by atoms with Crippen LogP contribution in [0.25, 0.3) is 0 Å². The Morgan fingerprint density at radius 1 is 1.18 bits per heavy atom. The van der Waals surface area contributed by atoms with Gasteiger partial charge in [0.25, 0.3) is 0 Å². The largest absolute Gasteiger partial charge is 0.457 e. The average Bonchev–Trinajstić information content (AvgIpc) is 3.09. The zero-order valence-corrected chi connectivity index (χ0v) is 26.1. The summed E-state index contributed by atoms with van der Waals surface area (Å²) < 4.78 is 40.2. The molecule has 1 aliphatic heterocycles. The minimum Gasteiger partial charge on any atom is -0.457 e. The van der Waals surface area contributed by atoms with Crippen molar-refractivity contribution >= 4 is 20.3 Å². The highest BCUT2D eigenvalue weighted by atomic mass is 28.4. The lowest BCUT2D eigenvalue weighted by Gasteiger charge is -2.41. The van der Waals surface area contributed by atoms with Crippen molar-refractivity contribution in [2.24, 2.45) is 0 Å². The normalized spacial score (nSPS) is 21.4. The van der Waals surface area contributed by atoms with Gasteiger partial charge in [-0.25, -0.2) is 4.79 Å². The van der Waals surface area contributed by atoms with E-state index in [1.165, 1.54) is 14.0 Å². The standard InChI is InChI=1S/C27H47NO9Si/c1-19(29)34-20(22(32-18-31-10)21-16-33-26(8,9)35-21)14-13-15-27(17-28,23(30)36-24(2,3)4)37-38(11,12)25(5,6)7/h13-14,20-22H,15-16,18H2,1-12H3/b14-13-/t20-,21-,22+,27?/m1/s1. The number of rotatable bonds is 12. The van der Waals surface area contributed by atoms with Crippen LogP contribution in [0.15, 0.2) is 12.2 Å². The first-order valence-electron chi connectivity index (χ1n) is 12.8. The number of methoxy groups -OCH3 is 1. The van der Waals surface area contributed by atoms with Gasteiger partial charge < -0.3 is 32.8 Å². The lowest BCUT2D eigenvalue weighted by Crippen LogP contribution is -2.54. The predicted molar refractivity (Wildman–Crippen MR) is 143 cm³/mol. The smallest absolute Gasteiger partial charge is 0.353 e. The summed E-state index contributed by atoms with van der Waals surface area (Å²) in [4.78, 5) is 25.4. The van der Waals surface area contributed by atoms with E-state index < -0.39 is 55.6 Å². The van der Waals surface area contributed by atoms with Crippen LogP contribution >= 0.6 is 0 Å². The Kier molecular flexibility index (Phi) is 11.7. The average molecular weight is 558 g/mol. The maximum atomic E-state index is 13.4. The summed E-state index contributed by atoms with van der Waals surface area (Å²) in [6.45, 7) is 20.1. The van der Waals surface area contributed by atoms with Gasteiger partial charge >= 0.3 is 11.9 Å². The maximum absolute atomic E-state index is 13.4. The van der Waals surface area contributed by atoms with E-state index >= 15 is 0 Å². The molecular formula is C27H47NO9Si. The van der Waals surface area contributed by atoms with E-state index in [4.69, 9.17) is 32.8 Å². The molecule has 1 rings (SSSR count). The van der Waals surface area contributed by atoms with Gasteiger partial charge in [-0.3, -0.25) is 4.79 Å². The van der Waals surface area contributed by atoms with Crippen LogP contribution < -0.4 is 0 Å². The molecule has 0 aromatic carbocycles. The molecule has 0 N–H and O–H groups in total. The molecule has 11 heteroatoms. The Morgan fingerprint density at radius 2 is 1.79 bits per heavy atom. The highest BCUT2D eigenvalue weighted by Crippen LogP contribution is 2.40. The molecule has 10 nitrogen and oxygen atoms in total. The summed E-state index contributed by atoms with van der Waals surface area (Å²) in [6, 6.07) is 2.09. The zero-order valence-electron chi connectivity index (χ0n) is 25.1. The summed E-state index contributed by atoms with van der Waals surface area (Å²) in [5.74, 6) is -2.15. The molecule has 0 bridgehead atoms. The second-order valence-corrected chi connectivity index (χ2v) is 17.1. The van der Waals surface area contributed by atoms with Gasteiger partial charge in [0.05, 0.1) is 6.61 Å². The van der Waals surface area contributed by atoms with Gasteiger partial charge in [0.1, 0.15) is 36.8 Å². The van der Waals surface area contributed by atoms with Crippen LogP contribution in [0.2, 0.25) is 18.1 Å². The number of carbonyl (C=O) groups excluding carboxylic acids is 2. The van der Waals surface area contributed by atoms with Gasteiger partial charge in [-0.1, -0.05) is 26.8 Å². The fourth-order valence-corrected chi connectivity index (χ4v) is 4.83. The zero-order chi connectivity index (χ0) is 29.6. The van der Waals surface area contributed by atoms with Crippen LogP contribution in [0.5, 0.6) is 0 Å². The Labute approximate surface area is 229 Å². The van der Waals surface area contributed by atoms with Crippen LogP contribution in [0.1, 0.15) is 68.7 Å². The SMILES string of the molecule is COCO[C@@H]([C@@H](/C=C\CC(C#N)(O[Si](C)(C)C(C)(C)C)C(=O)OC(C)(C)C)OC(C)=O)[C@H]1COC(C)(C)O1. The first kappa shape index (κ1) is 34.2. The molecule has 0 aromatic rings. The van der Waals surface area contributed by atoms with Gasteiger partial charge in [-0.05, 0) is 58.8 Å². The third kappa shape index (κ3) is 10.1. The number of hydrogen-bond acceptors (Lipinski definition) is 10. The molecule has 1 saturated heterocycles. The molecule has 0 amide bonds. The highest BCUT2D eigenvalue weighted by Gasteiger charge is 2.51. The van der Waals surface area contributed by atoms with E-state index in [-0.39, 0.29) is 24.9 Å². The van der Waals surface area contributed by atoms with Gasteiger partial charge in [-0.15, -0.1) is 0 Å². The monoisotopic (exact) mass is 557 g/mol. The van der Waals surface area contributed by atoms with Crippen molar-refractivity contribution in [3.8, 4) is 6.07 Å². The third-order valence-corrected chi connectivity index (χ3v) is 10.7. The molecular weight excluding hydrogens is 510 g/mol. The molecule has 4 atom stereocenters. The predicted octanol–water partition coefficient (Wildman–Crippen LogP) is 4.63. The summed E-state index contributed by atoms with van der Waals surface area (Å²) >= 11 is 0. The van der Waals surface area contributed by atoms with Gasteiger partial charge in [0.2, 0.25) is 5.60 Å². The molecule has 218 valence electrons. The van der Waals surface area contributed by atoms with Crippen LogP contribution in [0.3, 0.4) is 0 Å². The molecule has 1 aliphatic rings. The molecule has 0 saturated carbocycles. The number of carbonyl (C=O) groups is 2. The first-order chi connectivity index (χ1) is 17.2. The van der Waals surface area contributed by atoms with Crippen LogP contribution in [0, 0.1) is 11.3 Å². The van der Waals surface area contributed by atoms with Crippen LogP contribution in [0.4, 0.5) is 0 Å². The summed E-state index contributed by atoms with van der Waals surface area (Å²) in [5, 5.41) is 10.0. The highest BCUT2D eigenvalue weighted by molar-refractivity contribution is 6.74. The van der Waals surface area contributed by atoms with Gasteiger partial charge in [0, 0.05) is 20.5 Å². The van der Waals surface area contributed by atoms with Crippen molar-refractivity contribution in [1.82, 2.24) is 0 Å². The van der Waals surface area contributed by atoms with Crippen molar-refractivity contribution < 1.29 is 42.4 Å². The van der Waals surface area contributed by atoms with Crippen molar-refractivity contribution in [2.75, 3.05) is 20.5 Å². The molecule has 1 fully saturated rings. The lowest BCUT2D eigenvalue weighted by atomic mass is 9.99. The number of esters is 2. The summed E-state index contributed by atoms with van der Waals surface area (Å²) in [7, 11) is -1.12. The number of ether oxygens (including phenoxy) is 6. The molecule has 38 heavy (non-hydrogen) atoms. The van der Waals surface area contributed by atoms with Crippen molar-refractivity contribution in [3.05, 3.63) is 12.2 Å². The fraction of sp³-hybridized carbons (Fsp3) is 0.815. The van der Waals surface area contributed by atoms with Crippen LogP contribution in [-0.4, -0.2) is 76.1 Å². The number of hydrogen-bond donors (Lipinski definition) is 0. The summed E-state index contributed by atoms with van der Waals surface area (Å²) in [6.07, 6.45) is 0.751. The Morgan fingerprint density at radius 3 is 2.21 bits per heavy atom. The molecule has 1 unspecified atom stereocenters. The topological polar surface area (TPSA) is 123 Å². The van der Waals surface area contributed by atoms with E-state index in [2.05, 4.69) is 6.07 Å². The van der Waals surface area contributed by atoms with E-state index in [9.17, 15) is 14.9 Å². The van der Waals surface area contributed by atoms with E-state index in [1.807, 2.05) is 33.9 Å². The third-order valence-electron chi connectivity index (χ3n) is 6.28. The Bertz CT molecular complexity index is 882. The van der Waals surface area contributed by atoms with E-state index in [1.54, 1.807) is 46.8 Å². The summed E-state index contributed by atoms with van der Waals surface area (Å²) in [5.41, 5.74) is -2.73. The van der Waals surface area contributed by atoms with Crippen molar-refractivity contribution in [1.29, 1.82) is 5.26 Å². The quantitative estimate of drug-likeness (QED) is 0.145.